The first-order valence-electron chi connectivity index (χ1n) is 6.39. The average molecular weight is 370 g/mol. The van der Waals surface area contributed by atoms with E-state index in [4.69, 9.17) is 5.73 Å². The van der Waals surface area contributed by atoms with Crippen molar-refractivity contribution in [2.45, 2.75) is 18.4 Å². The van der Waals surface area contributed by atoms with Gasteiger partial charge in [-0.25, -0.2) is 8.42 Å². The third kappa shape index (κ3) is 3.61. The van der Waals surface area contributed by atoms with E-state index in [0.717, 1.165) is 5.56 Å². The molecule has 0 atom stereocenters. The number of benzene rings is 1. The summed E-state index contributed by atoms with van der Waals surface area (Å²) in [5.41, 5.74) is 6.95. The molecular formula is C14H16BrN3O2S. The Morgan fingerprint density at radius 3 is 2.52 bits per heavy atom. The molecule has 0 aliphatic carbocycles. The predicted octanol–water partition coefficient (Wildman–Crippen LogP) is 2.64. The highest BCUT2D eigenvalue weighted by atomic mass is 79.9. The Labute approximate surface area is 133 Å². The molecule has 0 saturated carbocycles. The number of rotatable bonds is 5. The number of pyridine rings is 1. The van der Waals surface area contributed by atoms with Gasteiger partial charge in [0, 0.05) is 30.0 Å². The molecule has 2 N–H and O–H groups in total. The Morgan fingerprint density at radius 2 is 1.90 bits per heavy atom. The third-order valence-electron chi connectivity index (χ3n) is 3.05. The largest absolute Gasteiger partial charge is 0.398 e. The summed E-state index contributed by atoms with van der Waals surface area (Å²) in [5.74, 6) is 0. The topological polar surface area (TPSA) is 76.3 Å². The summed E-state index contributed by atoms with van der Waals surface area (Å²) in [4.78, 5) is 4.05. The van der Waals surface area contributed by atoms with E-state index in [2.05, 4.69) is 20.9 Å². The summed E-state index contributed by atoms with van der Waals surface area (Å²) >= 11 is 3.28. The van der Waals surface area contributed by atoms with Crippen LogP contribution in [-0.2, 0) is 16.6 Å². The number of hydrogen-bond donors (Lipinski definition) is 1. The molecule has 2 rings (SSSR count). The van der Waals surface area contributed by atoms with Crippen molar-refractivity contribution in [3.8, 4) is 0 Å². The molecule has 1 aromatic heterocycles. The van der Waals surface area contributed by atoms with Gasteiger partial charge >= 0.3 is 0 Å². The van der Waals surface area contributed by atoms with Gasteiger partial charge in [-0.15, -0.1) is 0 Å². The van der Waals surface area contributed by atoms with E-state index in [1.165, 1.54) is 10.4 Å². The van der Waals surface area contributed by atoms with Crippen molar-refractivity contribution >= 4 is 31.6 Å². The Hall–Kier alpha value is -1.44. The van der Waals surface area contributed by atoms with Gasteiger partial charge in [0.1, 0.15) is 4.90 Å². The average Bonchev–Trinajstić information content (AvgIpc) is 2.48. The lowest BCUT2D eigenvalue weighted by atomic mass is 10.3. The minimum absolute atomic E-state index is 0.118. The smallest absolute Gasteiger partial charge is 0.245 e. The molecule has 0 unspecified atom stereocenters. The van der Waals surface area contributed by atoms with Gasteiger partial charge in [-0.1, -0.05) is 22.9 Å². The van der Waals surface area contributed by atoms with E-state index in [9.17, 15) is 8.42 Å². The first-order valence-corrected chi connectivity index (χ1v) is 8.62. The highest BCUT2D eigenvalue weighted by Gasteiger charge is 2.25. The van der Waals surface area contributed by atoms with Gasteiger partial charge in [0.2, 0.25) is 10.0 Å². The van der Waals surface area contributed by atoms with Crippen molar-refractivity contribution in [2.75, 3.05) is 12.3 Å². The number of hydrogen-bond acceptors (Lipinski definition) is 4. The summed E-state index contributed by atoms with van der Waals surface area (Å²) in [7, 11) is -3.64. The van der Waals surface area contributed by atoms with Crippen LogP contribution >= 0.6 is 15.9 Å². The van der Waals surface area contributed by atoms with Crippen molar-refractivity contribution in [2.24, 2.45) is 0 Å². The number of nitrogens with two attached hydrogens (primary N) is 1. The van der Waals surface area contributed by atoms with Crippen LogP contribution in [0.2, 0.25) is 0 Å². The van der Waals surface area contributed by atoms with Gasteiger partial charge in [-0.2, -0.15) is 4.31 Å². The summed E-state index contributed by atoms with van der Waals surface area (Å²) in [5, 5.41) is 0. The van der Waals surface area contributed by atoms with Crippen LogP contribution in [0.4, 0.5) is 5.69 Å². The van der Waals surface area contributed by atoms with Gasteiger partial charge in [0.25, 0.3) is 0 Å². The number of aromatic nitrogens is 1. The van der Waals surface area contributed by atoms with E-state index in [-0.39, 0.29) is 17.1 Å². The van der Waals surface area contributed by atoms with Gasteiger partial charge in [0.15, 0.2) is 0 Å². The van der Waals surface area contributed by atoms with Crippen LogP contribution in [0.5, 0.6) is 0 Å². The number of sulfonamides is 1. The van der Waals surface area contributed by atoms with Crippen molar-refractivity contribution in [3.05, 3.63) is 52.8 Å². The minimum Gasteiger partial charge on any atom is -0.398 e. The van der Waals surface area contributed by atoms with Crippen LogP contribution in [0, 0.1) is 0 Å². The monoisotopic (exact) mass is 369 g/mol. The molecule has 5 nitrogen and oxygen atoms in total. The molecule has 7 heteroatoms. The number of nitrogen functional groups attached to an aromatic ring is 1. The zero-order valence-electron chi connectivity index (χ0n) is 11.5. The van der Waals surface area contributed by atoms with Gasteiger partial charge in [-0.3, -0.25) is 4.98 Å². The molecule has 0 spiro atoms. The highest BCUT2D eigenvalue weighted by Crippen LogP contribution is 2.26. The fourth-order valence-electron chi connectivity index (χ4n) is 1.93. The third-order valence-corrected chi connectivity index (χ3v) is 5.52. The van der Waals surface area contributed by atoms with Crippen LogP contribution in [0.15, 0.2) is 52.1 Å². The first kappa shape index (κ1) is 15.9. The van der Waals surface area contributed by atoms with Gasteiger partial charge in [0.05, 0.1) is 5.69 Å². The Balaban J connectivity index is 2.38. The summed E-state index contributed by atoms with van der Waals surface area (Å²) in [6, 6.07) is 8.41. The maximum atomic E-state index is 12.8. The molecule has 21 heavy (non-hydrogen) atoms. The molecule has 0 amide bonds. The van der Waals surface area contributed by atoms with Crippen LogP contribution in [0.25, 0.3) is 0 Å². The lowest BCUT2D eigenvalue weighted by Gasteiger charge is -2.21. The van der Waals surface area contributed by atoms with E-state index >= 15 is 0 Å². The molecule has 0 radical (unpaired) electrons. The maximum absolute atomic E-state index is 12.8. The van der Waals surface area contributed by atoms with Gasteiger partial charge in [-0.05, 0) is 35.9 Å². The standard InChI is InChI=1S/C14H16BrN3O2S/c1-2-18(10-11-5-7-17-8-6-11)21(19,20)14-9-12(15)3-4-13(14)16/h3-9H,2,10,16H2,1H3. The Morgan fingerprint density at radius 1 is 1.24 bits per heavy atom. The Bertz CT molecular complexity index is 720. The lowest BCUT2D eigenvalue weighted by molar-refractivity contribution is 0.423. The molecule has 1 heterocycles. The van der Waals surface area contributed by atoms with Crippen molar-refractivity contribution in [3.63, 3.8) is 0 Å². The quantitative estimate of drug-likeness (QED) is 0.821. The van der Waals surface area contributed by atoms with Crippen LogP contribution in [0.3, 0.4) is 0 Å². The Kier molecular flexibility index (Phi) is 4.97. The summed E-state index contributed by atoms with van der Waals surface area (Å²) < 4.78 is 27.6. The second kappa shape index (κ2) is 6.55. The zero-order valence-corrected chi connectivity index (χ0v) is 13.9. The molecule has 1 aromatic carbocycles. The number of anilines is 1. The fourth-order valence-corrected chi connectivity index (χ4v) is 4.02. The predicted molar refractivity (Wildman–Crippen MR) is 86.1 cm³/mol. The van der Waals surface area contributed by atoms with Crippen molar-refractivity contribution in [1.29, 1.82) is 0 Å². The number of nitrogens with zero attached hydrogens (tertiary/aromatic N) is 2. The van der Waals surface area contributed by atoms with E-state index in [1.54, 1.807) is 43.6 Å². The summed E-state index contributed by atoms with van der Waals surface area (Å²) in [6.07, 6.45) is 3.28. The molecule has 0 saturated heterocycles. The number of halogens is 1. The van der Waals surface area contributed by atoms with Crippen molar-refractivity contribution in [1.82, 2.24) is 9.29 Å². The maximum Gasteiger partial charge on any atom is 0.245 e. The van der Waals surface area contributed by atoms with E-state index in [0.29, 0.717) is 11.0 Å². The highest BCUT2D eigenvalue weighted by molar-refractivity contribution is 9.10. The molecule has 112 valence electrons. The molecule has 0 bridgehead atoms. The zero-order chi connectivity index (χ0) is 15.5. The molecule has 2 aromatic rings. The van der Waals surface area contributed by atoms with Crippen molar-refractivity contribution < 1.29 is 8.42 Å². The summed E-state index contributed by atoms with van der Waals surface area (Å²) in [6.45, 7) is 2.44. The van der Waals surface area contributed by atoms with Crippen LogP contribution < -0.4 is 5.73 Å². The van der Waals surface area contributed by atoms with Crippen LogP contribution in [-0.4, -0.2) is 24.3 Å². The van der Waals surface area contributed by atoms with Gasteiger partial charge < -0.3 is 5.73 Å². The second-order valence-electron chi connectivity index (χ2n) is 4.47. The van der Waals surface area contributed by atoms with Crippen LogP contribution in [0.1, 0.15) is 12.5 Å². The normalized spacial score (nSPS) is 11.8. The molecule has 0 aliphatic heterocycles. The molecule has 0 aliphatic rings. The minimum atomic E-state index is -3.64. The van der Waals surface area contributed by atoms with E-state index in [1.807, 2.05) is 0 Å². The first-order chi connectivity index (χ1) is 9.95. The lowest BCUT2D eigenvalue weighted by Crippen LogP contribution is -2.31. The molecular weight excluding hydrogens is 354 g/mol. The van der Waals surface area contributed by atoms with E-state index < -0.39 is 10.0 Å². The SMILES string of the molecule is CCN(Cc1ccncc1)S(=O)(=O)c1cc(Br)ccc1N. The molecule has 0 fully saturated rings. The fraction of sp³-hybridized carbons (Fsp3) is 0.214. The second-order valence-corrected chi connectivity index (χ2v) is 7.29.